The van der Waals surface area contributed by atoms with Crippen molar-refractivity contribution in [1.29, 1.82) is 0 Å². The summed E-state index contributed by atoms with van der Waals surface area (Å²) in [6, 6.07) is 5.80. The van der Waals surface area contributed by atoms with Gasteiger partial charge in [-0.15, -0.1) is 0 Å². The van der Waals surface area contributed by atoms with Crippen molar-refractivity contribution in [2.24, 2.45) is 11.8 Å². The maximum Gasteiger partial charge on any atom is 0.338 e. The minimum Gasteiger partial charge on any atom is -0.452 e. The number of esters is 1. The Morgan fingerprint density at radius 3 is 2.43 bits per heavy atom. The Morgan fingerprint density at radius 1 is 1.23 bits per heavy atom. The van der Waals surface area contributed by atoms with Gasteiger partial charge in [-0.05, 0) is 50.3 Å². The van der Waals surface area contributed by atoms with Gasteiger partial charge in [-0.1, -0.05) is 32.1 Å². The van der Waals surface area contributed by atoms with Gasteiger partial charge in [0, 0.05) is 26.2 Å². The van der Waals surface area contributed by atoms with E-state index in [1.165, 1.54) is 33.5 Å². The van der Waals surface area contributed by atoms with E-state index in [0.717, 1.165) is 12.0 Å². The van der Waals surface area contributed by atoms with Gasteiger partial charge < -0.3 is 9.64 Å². The zero-order chi connectivity index (χ0) is 22.5. The fraction of sp³-hybridized carbons (Fsp3) is 0.545. The second kappa shape index (κ2) is 10.2. The third kappa shape index (κ3) is 6.15. The van der Waals surface area contributed by atoms with Crippen LogP contribution in [-0.4, -0.2) is 62.3 Å². The highest BCUT2D eigenvalue weighted by Gasteiger charge is 2.32. The summed E-state index contributed by atoms with van der Waals surface area (Å²) in [7, 11) is -3.71. The SMILES string of the molecule is C=C(C)CN(CC)C(=O)COC(=O)c1cccc(S(=O)(=O)N2CC(C)CC(C)C2)c1. The fourth-order valence-electron chi connectivity index (χ4n) is 3.74. The van der Waals surface area contributed by atoms with Crippen molar-refractivity contribution in [2.75, 3.05) is 32.8 Å². The summed E-state index contributed by atoms with van der Waals surface area (Å²) in [4.78, 5) is 26.3. The van der Waals surface area contributed by atoms with E-state index >= 15 is 0 Å². The van der Waals surface area contributed by atoms with E-state index in [1.54, 1.807) is 0 Å². The van der Waals surface area contributed by atoms with Crippen molar-refractivity contribution in [3.05, 3.63) is 42.0 Å². The molecule has 1 aromatic carbocycles. The largest absolute Gasteiger partial charge is 0.452 e. The van der Waals surface area contributed by atoms with Gasteiger partial charge in [-0.25, -0.2) is 13.2 Å². The Kier molecular flexibility index (Phi) is 8.20. The highest BCUT2D eigenvalue weighted by molar-refractivity contribution is 7.89. The Balaban J connectivity index is 2.10. The fourth-order valence-corrected chi connectivity index (χ4v) is 5.46. The number of likely N-dealkylation sites (N-methyl/N-ethyl adjacent to an activating group) is 1. The number of ether oxygens (including phenoxy) is 1. The van der Waals surface area contributed by atoms with E-state index in [2.05, 4.69) is 6.58 Å². The van der Waals surface area contributed by atoms with Crippen molar-refractivity contribution >= 4 is 21.9 Å². The molecule has 2 unspecified atom stereocenters. The molecule has 0 aromatic heterocycles. The number of benzene rings is 1. The number of hydrogen-bond acceptors (Lipinski definition) is 5. The maximum absolute atomic E-state index is 13.1. The second-order valence-corrected chi connectivity index (χ2v) is 10.2. The molecular formula is C22H32N2O5S. The number of nitrogens with zero attached hydrogens (tertiary/aromatic N) is 2. The Morgan fingerprint density at radius 2 is 1.87 bits per heavy atom. The van der Waals surface area contributed by atoms with Gasteiger partial charge in [0.15, 0.2) is 6.61 Å². The van der Waals surface area contributed by atoms with Crippen molar-refractivity contribution in [1.82, 2.24) is 9.21 Å². The van der Waals surface area contributed by atoms with Crippen LogP contribution in [0.2, 0.25) is 0 Å². The minimum atomic E-state index is -3.71. The third-order valence-corrected chi connectivity index (χ3v) is 6.89. The van der Waals surface area contributed by atoms with Gasteiger partial charge in [0.2, 0.25) is 10.0 Å². The Hall–Kier alpha value is -2.19. The lowest BCUT2D eigenvalue weighted by molar-refractivity contribution is -0.133. The predicted molar refractivity (Wildman–Crippen MR) is 115 cm³/mol. The molecule has 0 saturated carbocycles. The molecule has 30 heavy (non-hydrogen) atoms. The monoisotopic (exact) mass is 436 g/mol. The summed E-state index contributed by atoms with van der Waals surface area (Å²) in [6.45, 7) is 12.9. The van der Waals surface area contributed by atoms with Crippen LogP contribution < -0.4 is 0 Å². The predicted octanol–water partition coefficient (Wildman–Crippen LogP) is 2.93. The van der Waals surface area contributed by atoms with Crippen LogP contribution in [0, 0.1) is 11.8 Å². The summed E-state index contributed by atoms with van der Waals surface area (Å²) >= 11 is 0. The molecule has 0 bridgehead atoms. The van der Waals surface area contributed by atoms with E-state index in [0.29, 0.717) is 26.2 Å². The molecular weight excluding hydrogens is 404 g/mol. The second-order valence-electron chi connectivity index (χ2n) is 8.24. The molecule has 8 heteroatoms. The van der Waals surface area contributed by atoms with Crippen LogP contribution in [0.5, 0.6) is 0 Å². The first kappa shape index (κ1) is 24.1. The maximum atomic E-state index is 13.1. The van der Waals surface area contributed by atoms with E-state index in [4.69, 9.17) is 4.74 Å². The summed E-state index contributed by atoms with van der Waals surface area (Å²) in [5, 5.41) is 0. The van der Waals surface area contributed by atoms with Gasteiger partial charge >= 0.3 is 5.97 Å². The van der Waals surface area contributed by atoms with E-state index in [9.17, 15) is 18.0 Å². The topological polar surface area (TPSA) is 84.0 Å². The number of carbonyl (C=O) groups is 2. The van der Waals surface area contributed by atoms with Crippen LogP contribution in [0.1, 0.15) is 44.5 Å². The molecule has 1 saturated heterocycles. The normalized spacial score (nSPS) is 19.9. The van der Waals surface area contributed by atoms with Crippen molar-refractivity contribution < 1.29 is 22.7 Å². The number of piperidine rings is 1. The van der Waals surface area contributed by atoms with E-state index < -0.39 is 22.6 Å². The average molecular weight is 437 g/mol. The van der Waals surface area contributed by atoms with Gasteiger partial charge in [-0.2, -0.15) is 4.31 Å². The van der Waals surface area contributed by atoms with Gasteiger partial charge in [0.1, 0.15) is 0 Å². The third-order valence-electron chi connectivity index (χ3n) is 5.06. The summed E-state index contributed by atoms with van der Waals surface area (Å²) in [6.07, 6.45) is 0.993. The molecule has 0 N–H and O–H groups in total. The lowest BCUT2D eigenvalue weighted by Crippen LogP contribution is -2.42. The quantitative estimate of drug-likeness (QED) is 0.462. The summed E-state index contributed by atoms with van der Waals surface area (Å²) in [5.74, 6) is -0.493. The summed E-state index contributed by atoms with van der Waals surface area (Å²) < 4.78 is 32.7. The zero-order valence-corrected chi connectivity index (χ0v) is 19.1. The standard InChI is InChI=1S/C22H32N2O5S/c1-6-23(12-16(2)3)21(25)15-29-22(26)19-8-7-9-20(11-19)30(27,28)24-13-17(4)10-18(5)14-24/h7-9,11,17-18H,2,6,10,12-15H2,1,3-5H3. The molecule has 1 heterocycles. The average Bonchev–Trinajstić information content (AvgIpc) is 2.69. The lowest BCUT2D eigenvalue weighted by Gasteiger charge is -2.34. The molecule has 2 atom stereocenters. The molecule has 166 valence electrons. The molecule has 0 aliphatic carbocycles. The molecule has 1 fully saturated rings. The van der Waals surface area contributed by atoms with Crippen LogP contribution in [0.25, 0.3) is 0 Å². The molecule has 1 aliphatic heterocycles. The molecule has 1 amide bonds. The highest BCUT2D eigenvalue weighted by atomic mass is 32.2. The van der Waals surface area contributed by atoms with Crippen LogP contribution in [0.15, 0.2) is 41.3 Å². The van der Waals surface area contributed by atoms with Crippen molar-refractivity contribution in [3.63, 3.8) is 0 Å². The zero-order valence-electron chi connectivity index (χ0n) is 18.3. The first-order valence-corrected chi connectivity index (χ1v) is 11.7. The first-order valence-electron chi connectivity index (χ1n) is 10.2. The number of carbonyl (C=O) groups excluding carboxylic acids is 2. The van der Waals surface area contributed by atoms with Crippen LogP contribution >= 0.6 is 0 Å². The van der Waals surface area contributed by atoms with E-state index in [1.807, 2.05) is 27.7 Å². The number of amides is 1. The lowest BCUT2D eigenvalue weighted by atomic mass is 9.94. The highest BCUT2D eigenvalue weighted by Crippen LogP contribution is 2.27. The number of rotatable bonds is 8. The van der Waals surface area contributed by atoms with Crippen molar-refractivity contribution in [3.8, 4) is 0 Å². The van der Waals surface area contributed by atoms with Crippen LogP contribution in [-0.2, 0) is 19.6 Å². The number of sulfonamides is 1. The Bertz CT molecular complexity index is 887. The van der Waals surface area contributed by atoms with Gasteiger partial charge in [0.25, 0.3) is 5.91 Å². The van der Waals surface area contributed by atoms with Gasteiger partial charge in [-0.3, -0.25) is 4.79 Å². The van der Waals surface area contributed by atoms with Crippen LogP contribution in [0.3, 0.4) is 0 Å². The first-order chi connectivity index (χ1) is 14.0. The minimum absolute atomic E-state index is 0.0574. The van der Waals surface area contributed by atoms with Crippen LogP contribution in [0.4, 0.5) is 0 Å². The molecule has 7 nitrogen and oxygen atoms in total. The van der Waals surface area contributed by atoms with Crippen molar-refractivity contribution in [2.45, 2.75) is 39.0 Å². The molecule has 0 radical (unpaired) electrons. The molecule has 1 aliphatic rings. The summed E-state index contributed by atoms with van der Waals surface area (Å²) in [5.41, 5.74) is 0.931. The molecule has 0 spiro atoms. The number of hydrogen-bond donors (Lipinski definition) is 0. The molecule has 1 aromatic rings. The van der Waals surface area contributed by atoms with E-state index in [-0.39, 0.29) is 28.2 Å². The van der Waals surface area contributed by atoms with Gasteiger partial charge in [0.05, 0.1) is 10.5 Å². The molecule has 2 rings (SSSR count). The Labute approximate surface area is 179 Å². The smallest absolute Gasteiger partial charge is 0.338 e.